The number of piperidine rings is 1. The summed E-state index contributed by atoms with van der Waals surface area (Å²) >= 11 is 0. The van der Waals surface area contributed by atoms with Crippen LogP contribution >= 0.6 is 0 Å². The Labute approximate surface area is 191 Å². The van der Waals surface area contributed by atoms with Gasteiger partial charge < -0.3 is 23.7 Å². The van der Waals surface area contributed by atoms with E-state index in [-0.39, 0.29) is 23.3 Å². The Morgan fingerprint density at radius 1 is 0.939 bits per heavy atom. The Kier molecular flexibility index (Phi) is 5.62. The molecular formula is C24H27N5O4. The Morgan fingerprint density at radius 3 is 2.33 bits per heavy atom. The fraction of sp³-hybridized carbons (Fsp3) is 0.417. The van der Waals surface area contributed by atoms with Crippen LogP contribution in [0.15, 0.2) is 51.9 Å². The molecule has 0 unspecified atom stereocenters. The third-order valence-electron chi connectivity index (χ3n) is 6.72. The number of furan rings is 1. The van der Waals surface area contributed by atoms with Gasteiger partial charge in [0.05, 0.1) is 17.3 Å². The van der Waals surface area contributed by atoms with Crippen LogP contribution in [-0.2, 0) is 11.8 Å². The maximum atomic E-state index is 13.1. The van der Waals surface area contributed by atoms with Gasteiger partial charge in [0, 0.05) is 52.2 Å². The van der Waals surface area contributed by atoms with E-state index in [1.807, 2.05) is 34.1 Å². The van der Waals surface area contributed by atoms with Crippen molar-refractivity contribution >= 4 is 28.7 Å². The largest absolute Gasteiger partial charge is 0.459 e. The molecule has 2 aliphatic rings. The summed E-state index contributed by atoms with van der Waals surface area (Å²) in [6.07, 6.45) is 2.85. The summed E-state index contributed by atoms with van der Waals surface area (Å²) in [5, 5.41) is 0. The molecule has 172 valence electrons. The first-order valence-corrected chi connectivity index (χ1v) is 11.3. The number of nitrogens with zero attached hydrogens (tertiary/aromatic N) is 5. The van der Waals surface area contributed by atoms with Crippen molar-refractivity contribution in [3.63, 3.8) is 0 Å². The predicted octanol–water partition coefficient (Wildman–Crippen LogP) is 1.73. The van der Waals surface area contributed by atoms with Gasteiger partial charge in [0.25, 0.3) is 11.5 Å². The standard InChI is InChI=1S/C24H27N5O4/c1-26-19-6-3-2-5-18(19)25-21(24(26)32)27-10-8-17(9-11-27)22(30)28-12-14-29(15-13-28)23(31)20-7-4-16-33-20/h2-7,16-17H,8-15H2,1H3. The molecule has 33 heavy (non-hydrogen) atoms. The van der Waals surface area contributed by atoms with Crippen LogP contribution in [0.5, 0.6) is 0 Å². The number of anilines is 1. The average molecular weight is 450 g/mol. The van der Waals surface area contributed by atoms with Crippen LogP contribution in [-0.4, -0.2) is 70.4 Å². The number of para-hydroxylation sites is 2. The number of carbonyl (C=O) groups is 2. The maximum absolute atomic E-state index is 13.1. The lowest BCUT2D eigenvalue weighted by Gasteiger charge is -2.38. The fourth-order valence-corrected chi connectivity index (χ4v) is 4.75. The fourth-order valence-electron chi connectivity index (χ4n) is 4.75. The van der Waals surface area contributed by atoms with E-state index in [1.54, 1.807) is 28.6 Å². The number of piperazine rings is 1. The number of carbonyl (C=O) groups excluding carboxylic acids is 2. The second kappa shape index (κ2) is 8.73. The first-order valence-electron chi connectivity index (χ1n) is 11.3. The number of fused-ring (bicyclic) bond motifs is 1. The molecule has 2 fully saturated rings. The Hall–Kier alpha value is -3.62. The van der Waals surface area contributed by atoms with Crippen LogP contribution in [0, 0.1) is 5.92 Å². The van der Waals surface area contributed by atoms with Gasteiger partial charge in [-0.25, -0.2) is 4.98 Å². The Bertz CT molecular complexity index is 1220. The molecule has 5 rings (SSSR count). The van der Waals surface area contributed by atoms with E-state index >= 15 is 0 Å². The SMILES string of the molecule is Cn1c(=O)c(N2CCC(C(=O)N3CCN(C(=O)c4ccco4)CC3)CC2)nc2ccccc21. The van der Waals surface area contributed by atoms with E-state index in [9.17, 15) is 14.4 Å². The first-order chi connectivity index (χ1) is 16.0. The molecule has 2 amide bonds. The predicted molar refractivity (Wildman–Crippen MR) is 123 cm³/mol. The lowest BCUT2D eigenvalue weighted by Crippen LogP contribution is -2.53. The normalized spacial score (nSPS) is 17.5. The van der Waals surface area contributed by atoms with E-state index in [2.05, 4.69) is 4.98 Å². The first kappa shape index (κ1) is 21.2. The quantitative estimate of drug-likeness (QED) is 0.605. The van der Waals surface area contributed by atoms with E-state index < -0.39 is 0 Å². The summed E-state index contributed by atoms with van der Waals surface area (Å²) in [7, 11) is 1.77. The Morgan fingerprint density at radius 2 is 1.64 bits per heavy atom. The van der Waals surface area contributed by atoms with Gasteiger partial charge in [-0.05, 0) is 37.1 Å². The minimum atomic E-state index is -0.134. The molecule has 2 saturated heterocycles. The molecule has 0 bridgehead atoms. The second-order valence-corrected chi connectivity index (χ2v) is 8.64. The average Bonchev–Trinajstić information content (AvgIpc) is 3.41. The molecule has 9 heteroatoms. The highest BCUT2D eigenvalue weighted by molar-refractivity contribution is 5.91. The minimum absolute atomic E-state index is 0.0714. The van der Waals surface area contributed by atoms with E-state index in [1.165, 1.54) is 6.26 Å². The number of rotatable bonds is 3. The summed E-state index contributed by atoms with van der Waals surface area (Å²) in [6.45, 7) is 3.29. The monoisotopic (exact) mass is 449 g/mol. The molecule has 2 aliphatic heterocycles. The van der Waals surface area contributed by atoms with Crippen molar-refractivity contribution in [1.82, 2.24) is 19.4 Å². The zero-order valence-corrected chi connectivity index (χ0v) is 18.6. The van der Waals surface area contributed by atoms with Crippen molar-refractivity contribution in [3.05, 3.63) is 58.8 Å². The van der Waals surface area contributed by atoms with Gasteiger partial charge in [-0.3, -0.25) is 14.4 Å². The molecule has 0 radical (unpaired) electrons. The zero-order valence-electron chi connectivity index (χ0n) is 18.6. The maximum Gasteiger partial charge on any atom is 0.293 e. The van der Waals surface area contributed by atoms with Crippen LogP contribution in [0.4, 0.5) is 5.82 Å². The van der Waals surface area contributed by atoms with Gasteiger partial charge in [0.1, 0.15) is 0 Å². The zero-order chi connectivity index (χ0) is 22.9. The lowest BCUT2D eigenvalue weighted by molar-refractivity contribution is -0.137. The van der Waals surface area contributed by atoms with E-state index in [0.717, 1.165) is 11.0 Å². The summed E-state index contributed by atoms with van der Waals surface area (Å²) in [4.78, 5) is 48.6. The van der Waals surface area contributed by atoms with Crippen molar-refractivity contribution in [2.75, 3.05) is 44.2 Å². The Balaban J connectivity index is 1.19. The molecule has 4 heterocycles. The molecule has 3 aromatic rings. The highest BCUT2D eigenvalue weighted by Gasteiger charge is 2.32. The molecule has 1 aromatic carbocycles. The molecule has 0 atom stereocenters. The third-order valence-corrected chi connectivity index (χ3v) is 6.72. The van der Waals surface area contributed by atoms with Gasteiger partial charge >= 0.3 is 0 Å². The number of aromatic nitrogens is 2. The highest BCUT2D eigenvalue weighted by atomic mass is 16.3. The van der Waals surface area contributed by atoms with E-state index in [0.29, 0.717) is 63.7 Å². The number of amides is 2. The molecule has 9 nitrogen and oxygen atoms in total. The molecule has 0 spiro atoms. The smallest absolute Gasteiger partial charge is 0.293 e. The number of hydrogen-bond donors (Lipinski definition) is 0. The van der Waals surface area contributed by atoms with Crippen molar-refractivity contribution in [3.8, 4) is 0 Å². The van der Waals surface area contributed by atoms with Gasteiger partial charge in [-0.2, -0.15) is 0 Å². The molecule has 0 N–H and O–H groups in total. The van der Waals surface area contributed by atoms with Crippen LogP contribution < -0.4 is 10.5 Å². The van der Waals surface area contributed by atoms with Crippen molar-refractivity contribution in [1.29, 1.82) is 0 Å². The highest BCUT2D eigenvalue weighted by Crippen LogP contribution is 2.24. The number of hydrogen-bond acceptors (Lipinski definition) is 6. The molecular weight excluding hydrogens is 422 g/mol. The van der Waals surface area contributed by atoms with Crippen LogP contribution in [0.25, 0.3) is 11.0 Å². The topological polar surface area (TPSA) is 91.9 Å². The van der Waals surface area contributed by atoms with Crippen molar-refractivity contribution in [2.24, 2.45) is 13.0 Å². The molecule has 0 aliphatic carbocycles. The molecule has 2 aromatic heterocycles. The summed E-state index contributed by atoms with van der Waals surface area (Å²) < 4.78 is 6.84. The van der Waals surface area contributed by atoms with Gasteiger partial charge in [-0.1, -0.05) is 12.1 Å². The summed E-state index contributed by atoms with van der Waals surface area (Å²) in [5.74, 6) is 0.713. The van der Waals surface area contributed by atoms with Crippen LogP contribution in [0.1, 0.15) is 23.4 Å². The summed E-state index contributed by atoms with van der Waals surface area (Å²) in [5.41, 5.74) is 1.48. The van der Waals surface area contributed by atoms with E-state index in [4.69, 9.17) is 4.42 Å². The van der Waals surface area contributed by atoms with Crippen molar-refractivity contribution in [2.45, 2.75) is 12.8 Å². The van der Waals surface area contributed by atoms with Gasteiger partial charge in [-0.15, -0.1) is 0 Å². The van der Waals surface area contributed by atoms with Crippen LogP contribution in [0.2, 0.25) is 0 Å². The molecule has 0 saturated carbocycles. The lowest BCUT2D eigenvalue weighted by atomic mass is 9.95. The second-order valence-electron chi connectivity index (χ2n) is 8.64. The third kappa shape index (κ3) is 3.99. The van der Waals surface area contributed by atoms with Gasteiger partial charge in [0.2, 0.25) is 5.91 Å². The summed E-state index contributed by atoms with van der Waals surface area (Å²) in [6, 6.07) is 11.0. The minimum Gasteiger partial charge on any atom is -0.459 e. The van der Waals surface area contributed by atoms with Crippen LogP contribution in [0.3, 0.4) is 0 Å². The number of aryl methyl sites for hydroxylation is 1. The van der Waals surface area contributed by atoms with Crippen molar-refractivity contribution < 1.29 is 14.0 Å². The number of benzene rings is 1. The van der Waals surface area contributed by atoms with Gasteiger partial charge in [0.15, 0.2) is 11.6 Å².